The molecule has 5 nitrogen and oxygen atoms in total. The highest BCUT2D eigenvalue weighted by Gasteiger charge is 2.11. The molecule has 0 saturated carbocycles. The number of halogens is 1. The van der Waals surface area contributed by atoms with Gasteiger partial charge in [-0.3, -0.25) is 4.79 Å². The Hall–Kier alpha value is -2.76. The first-order valence-electron chi connectivity index (χ1n) is 5.74. The Bertz CT molecular complexity index is 669. The van der Waals surface area contributed by atoms with E-state index in [4.69, 9.17) is 5.11 Å². The highest BCUT2D eigenvalue weighted by Crippen LogP contribution is 2.16. The molecule has 0 radical (unpaired) electrons. The quantitative estimate of drug-likeness (QED) is 0.843. The molecule has 0 saturated heterocycles. The maximum absolute atomic E-state index is 12.7. The van der Waals surface area contributed by atoms with E-state index in [1.54, 1.807) is 19.1 Å². The van der Waals surface area contributed by atoms with Crippen LogP contribution >= 0.6 is 0 Å². The molecule has 0 spiro atoms. The number of carbonyl (C=O) groups excluding carboxylic acids is 1. The standard InChI is InChI=1S/C14H11FN2O3/c1-8-2-4-10(6-11(8)14(19)20)17-13(18)9-3-5-12(15)16-7-9/h2-7H,1H3,(H,17,18)(H,19,20). The SMILES string of the molecule is Cc1ccc(NC(=O)c2ccc(F)nc2)cc1C(=O)O. The smallest absolute Gasteiger partial charge is 0.336 e. The van der Waals surface area contributed by atoms with Gasteiger partial charge in [0, 0.05) is 11.9 Å². The van der Waals surface area contributed by atoms with Crippen molar-refractivity contribution in [1.29, 1.82) is 0 Å². The molecule has 1 heterocycles. The van der Waals surface area contributed by atoms with Crippen LogP contribution in [0.25, 0.3) is 0 Å². The van der Waals surface area contributed by atoms with Crippen LogP contribution < -0.4 is 5.32 Å². The van der Waals surface area contributed by atoms with Crippen LogP contribution in [0.5, 0.6) is 0 Å². The van der Waals surface area contributed by atoms with Gasteiger partial charge >= 0.3 is 5.97 Å². The maximum Gasteiger partial charge on any atom is 0.336 e. The number of amides is 1. The number of nitrogens with zero attached hydrogens (tertiary/aromatic N) is 1. The van der Waals surface area contributed by atoms with E-state index >= 15 is 0 Å². The van der Waals surface area contributed by atoms with E-state index in [1.165, 1.54) is 12.1 Å². The van der Waals surface area contributed by atoms with E-state index in [2.05, 4.69) is 10.3 Å². The van der Waals surface area contributed by atoms with Crippen LogP contribution in [0.15, 0.2) is 36.5 Å². The number of hydrogen-bond acceptors (Lipinski definition) is 3. The summed E-state index contributed by atoms with van der Waals surface area (Å²) in [5.41, 5.74) is 1.24. The monoisotopic (exact) mass is 274 g/mol. The van der Waals surface area contributed by atoms with Crippen LogP contribution in [0.4, 0.5) is 10.1 Å². The molecule has 0 aliphatic carbocycles. The zero-order valence-corrected chi connectivity index (χ0v) is 10.6. The topological polar surface area (TPSA) is 79.3 Å². The van der Waals surface area contributed by atoms with Crippen molar-refractivity contribution in [2.75, 3.05) is 5.32 Å². The Morgan fingerprint density at radius 3 is 2.60 bits per heavy atom. The molecule has 6 heteroatoms. The molecule has 20 heavy (non-hydrogen) atoms. The minimum Gasteiger partial charge on any atom is -0.478 e. The highest BCUT2D eigenvalue weighted by atomic mass is 19.1. The van der Waals surface area contributed by atoms with Gasteiger partial charge in [-0.2, -0.15) is 4.39 Å². The maximum atomic E-state index is 12.7. The molecule has 0 bridgehead atoms. The molecule has 0 aliphatic rings. The molecule has 102 valence electrons. The summed E-state index contributed by atoms with van der Waals surface area (Å²) >= 11 is 0. The number of aromatic nitrogens is 1. The second-order valence-electron chi connectivity index (χ2n) is 4.16. The van der Waals surface area contributed by atoms with Crippen molar-refractivity contribution < 1.29 is 19.1 Å². The third-order valence-electron chi connectivity index (χ3n) is 2.72. The Kier molecular flexibility index (Phi) is 3.74. The lowest BCUT2D eigenvalue weighted by atomic mass is 10.1. The first kappa shape index (κ1) is 13.7. The molecule has 0 aliphatic heterocycles. The predicted molar refractivity (Wildman–Crippen MR) is 70.3 cm³/mol. The van der Waals surface area contributed by atoms with Crippen molar-refractivity contribution >= 4 is 17.6 Å². The molecule has 2 aromatic rings. The number of benzene rings is 1. The molecule has 2 rings (SSSR count). The number of hydrogen-bond donors (Lipinski definition) is 2. The number of aryl methyl sites for hydroxylation is 1. The first-order valence-corrected chi connectivity index (χ1v) is 5.74. The second-order valence-corrected chi connectivity index (χ2v) is 4.16. The van der Waals surface area contributed by atoms with E-state index in [0.717, 1.165) is 12.3 Å². The number of anilines is 1. The fourth-order valence-corrected chi connectivity index (χ4v) is 1.64. The van der Waals surface area contributed by atoms with Gasteiger partial charge in [-0.05, 0) is 36.8 Å². The molecule has 0 fully saturated rings. The lowest BCUT2D eigenvalue weighted by molar-refractivity contribution is 0.0695. The van der Waals surface area contributed by atoms with E-state index in [1.807, 2.05) is 0 Å². The van der Waals surface area contributed by atoms with Gasteiger partial charge in [0.05, 0.1) is 11.1 Å². The number of nitrogens with one attached hydrogen (secondary N) is 1. The molecular weight excluding hydrogens is 263 g/mol. The fraction of sp³-hybridized carbons (Fsp3) is 0.0714. The summed E-state index contributed by atoms with van der Waals surface area (Å²) in [6.45, 7) is 1.67. The lowest BCUT2D eigenvalue weighted by Gasteiger charge is -2.07. The molecular formula is C14H11FN2O3. The van der Waals surface area contributed by atoms with Gasteiger partial charge in [0.2, 0.25) is 5.95 Å². The fourth-order valence-electron chi connectivity index (χ4n) is 1.64. The van der Waals surface area contributed by atoms with Crippen LogP contribution in [-0.4, -0.2) is 22.0 Å². The summed E-state index contributed by atoms with van der Waals surface area (Å²) in [5, 5.41) is 11.5. The van der Waals surface area contributed by atoms with E-state index < -0.39 is 17.8 Å². The highest BCUT2D eigenvalue weighted by molar-refractivity contribution is 6.04. The number of carbonyl (C=O) groups is 2. The number of carboxylic acids is 1. The van der Waals surface area contributed by atoms with Gasteiger partial charge in [0.25, 0.3) is 5.91 Å². The lowest BCUT2D eigenvalue weighted by Crippen LogP contribution is -2.13. The molecule has 1 amide bonds. The van der Waals surface area contributed by atoms with Crippen molar-refractivity contribution in [3.8, 4) is 0 Å². The number of carboxylic acid groups (broad SMARTS) is 1. The van der Waals surface area contributed by atoms with Crippen LogP contribution in [0.1, 0.15) is 26.3 Å². The largest absolute Gasteiger partial charge is 0.478 e. The molecule has 0 unspecified atom stereocenters. The van der Waals surface area contributed by atoms with Gasteiger partial charge < -0.3 is 10.4 Å². The van der Waals surface area contributed by atoms with Crippen LogP contribution in [0.3, 0.4) is 0 Å². The van der Waals surface area contributed by atoms with Crippen molar-refractivity contribution in [3.63, 3.8) is 0 Å². The number of aromatic carboxylic acids is 1. The average molecular weight is 274 g/mol. The zero-order valence-electron chi connectivity index (χ0n) is 10.6. The summed E-state index contributed by atoms with van der Waals surface area (Å²) in [6, 6.07) is 6.93. The van der Waals surface area contributed by atoms with Gasteiger partial charge in [0.1, 0.15) is 0 Å². The van der Waals surface area contributed by atoms with Crippen LogP contribution in [0.2, 0.25) is 0 Å². The zero-order chi connectivity index (χ0) is 14.7. The van der Waals surface area contributed by atoms with Gasteiger partial charge in [-0.15, -0.1) is 0 Å². The average Bonchev–Trinajstić information content (AvgIpc) is 2.41. The van der Waals surface area contributed by atoms with E-state index in [-0.39, 0.29) is 11.1 Å². The number of pyridine rings is 1. The number of rotatable bonds is 3. The predicted octanol–water partition coefficient (Wildman–Crippen LogP) is 2.48. The van der Waals surface area contributed by atoms with Crippen molar-refractivity contribution in [1.82, 2.24) is 4.98 Å². The van der Waals surface area contributed by atoms with Crippen LogP contribution in [-0.2, 0) is 0 Å². The third kappa shape index (κ3) is 2.97. The Balaban J connectivity index is 2.21. The van der Waals surface area contributed by atoms with Crippen molar-refractivity contribution in [2.24, 2.45) is 0 Å². The first-order chi connectivity index (χ1) is 9.47. The minimum atomic E-state index is -1.07. The molecule has 0 atom stereocenters. The Morgan fingerprint density at radius 2 is 2.00 bits per heavy atom. The summed E-state index contributed by atoms with van der Waals surface area (Å²) in [6.07, 6.45) is 1.11. The van der Waals surface area contributed by atoms with E-state index in [0.29, 0.717) is 11.3 Å². The van der Waals surface area contributed by atoms with Crippen molar-refractivity contribution in [3.05, 3.63) is 59.2 Å². The van der Waals surface area contributed by atoms with Gasteiger partial charge in [-0.25, -0.2) is 9.78 Å². The Labute approximate surface area is 114 Å². The van der Waals surface area contributed by atoms with Gasteiger partial charge in [-0.1, -0.05) is 6.07 Å². The summed E-state index contributed by atoms with van der Waals surface area (Å²) in [5.74, 6) is -2.23. The molecule has 1 aromatic carbocycles. The van der Waals surface area contributed by atoms with Crippen molar-refractivity contribution in [2.45, 2.75) is 6.92 Å². The second kappa shape index (κ2) is 5.48. The van der Waals surface area contributed by atoms with E-state index in [9.17, 15) is 14.0 Å². The summed E-state index contributed by atoms with van der Waals surface area (Å²) in [7, 11) is 0. The third-order valence-corrected chi connectivity index (χ3v) is 2.72. The van der Waals surface area contributed by atoms with Gasteiger partial charge in [0.15, 0.2) is 0 Å². The molecule has 2 N–H and O–H groups in total. The summed E-state index contributed by atoms with van der Waals surface area (Å²) < 4.78 is 12.7. The Morgan fingerprint density at radius 1 is 1.25 bits per heavy atom. The molecule has 1 aromatic heterocycles. The minimum absolute atomic E-state index is 0.111. The normalized spacial score (nSPS) is 10.1. The summed E-state index contributed by atoms with van der Waals surface area (Å²) in [4.78, 5) is 26.3. The van der Waals surface area contributed by atoms with Crippen LogP contribution in [0, 0.1) is 12.9 Å².